The molecule has 0 N–H and O–H groups in total. The third kappa shape index (κ3) is 4.76. The highest BCUT2D eigenvalue weighted by atomic mass is 127. The van der Waals surface area contributed by atoms with Crippen molar-refractivity contribution < 1.29 is 14.3 Å². The lowest BCUT2D eigenvalue weighted by molar-refractivity contribution is -0.129. The summed E-state index contributed by atoms with van der Waals surface area (Å²) in [5, 5.41) is 0. The van der Waals surface area contributed by atoms with Crippen molar-refractivity contribution in [3.05, 3.63) is 103 Å². The standard InChI is InChI=1S/C23H15BrINO3/c24-19-7-3-2-6-18(19)22-26-21(23(27)29-22)13-15-9-11-17(12-10-15)28-14-16-5-1-4-8-20(16)25/h1-13H,14H2/b21-13-. The number of carbonyl (C=O) groups excluding carboxylic acids is 1. The smallest absolute Gasteiger partial charge is 0.363 e. The van der Waals surface area contributed by atoms with Gasteiger partial charge in [0.1, 0.15) is 12.4 Å². The monoisotopic (exact) mass is 559 g/mol. The third-order valence-corrected chi connectivity index (χ3v) is 6.00. The summed E-state index contributed by atoms with van der Waals surface area (Å²) < 4.78 is 13.2. The molecule has 144 valence electrons. The summed E-state index contributed by atoms with van der Waals surface area (Å²) in [6.45, 7) is 0.505. The van der Waals surface area contributed by atoms with Crippen molar-refractivity contribution in [3.63, 3.8) is 0 Å². The van der Waals surface area contributed by atoms with Crippen LogP contribution in [0.4, 0.5) is 0 Å². The molecule has 0 saturated carbocycles. The second kappa shape index (κ2) is 8.92. The summed E-state index contributed by atoms with van der Waals surface area (Å²) in [4.78, 5) is 16.5. The van der Waals surface area contributed by atoms with Gasteiger partial charge in [-0.2, -0.15) is 0 Å². The van der Waals surface area contributed by atoms with Gasteiger partial charge in [0, 0.05) is 13.6 Å². The van der Waals surface area contributed by atoms with Crippen LogP contribution in [-0.2, 0) is 16.1 Å². The van der Waals surface area contributed by atoms with Gasteiger partial charge in [0.25, 0.3) is 0 Å². The zero-order valence-corrected chi connectivity index (χ0v) is 18.9. The number of ether oxygens (including phenoxy) is 2. The molecule has 0 aromatic heterocycles. The second-order valence-corrected chi connectivity index (χ2v) is 8.28. The molecule has 3 aromatic carbocycles. The Hall–Kier alpha value is -2.45. The predicted octanol–water partition coefficient (Wildman–Crippen LogP) is 5.98. The zero-order valence-electron chi connectivity index (χ0n) is 15.1. The fourth-order valence-corrected chi connectivity index (χ4v) is 3.75. The average molecular weight is 560 g/mol. The molecule has 0 saturated heterocycles. The van der Waals surface area contributed by atoms with Gasteiger partial charge in [-0.05, 0) is 80.5 Å². The number of halogens is 2. The molecule has 4 rings (SSSR count). The van der Waals surface area contributed by atoms with Crippen molar-refractivity contribution in [1.29, 1.82) is 0 Å². The maximum Gasteiger partial charge on any atom is 0.363 e. The van der Waals surface area contributed by atoms with Gasteiger partial charge in [-0.15, -0.1) is 0 Å². The first-order valence-electron chi connectivity index (χ1n) is 8.84. The van der Waals surface area contributed by atoms with Crippen molar-refractivity contribution in [2.45, 2.75) is 6.61 Å². The molecule has 0 bridgehead atoms. The van der Waals surface area contributed by atoms with Crippen molar-refractivity contribution in [1.82, 2.24) is 0 Å². The van der Waals surface area contributed by atoms with Crippen LogP contribution in [0.5, 0.6) is 5.75 Å². The van der Waals surface area contributed by atoms with Crippen LogP contribution in [0.2, 0.25) is 0 Å². The van der Waals surface area contributed by atoms with Crippen LogP contribution in [0.3, 0.4) is 0 Å². The van der Waals surface area contributed by atoms with Gasteiger partial charge in [-0.1, -0.05) is 42.5 Å². The minimum Gasteiger partial charge on any atom is -0.489 e. The second-order valence-electron chi connectivity index (χ2n) is 6.27. The normalized spacial score (nSPS) is 14.6. The Morgan fingerprint density at radius 2 is 1.72 bits per heavy atom. The number of rotatable bonds is 5. The van der Waals surface area contributed by atoms with Crippen LogP contribution in [0.15, 0.2) is 88.0 Å². The van der Waals surface area contributed by atoms with Crippen LogP contribution >= 0.6 is 38.5 Å². The van der Waals surface area contributed by atoms with Gasteiger partial charge in [0.2, 0.25) is 5.90 Å². The molecule has 4 nitrogen and oxygen atoms in total. The molecule has 0 unspecified atom stereocenters. The summed E-state index contributed by atoms with van der Waals surface area (Å²) in [6, 6.07) is 23.1. The molecule has 0 aliphatic carbocycles. The predicted molar refractivity (Wildman–Crippen MR) is 125 cm³/mol. The number of benzene rings is 3. The van der Waals surface area contributed by atoms with E-state index in [0.29, 0.717) is 12.5 Å². The molecule has 0 spiro atoms. The summed E-state index contributed by atoms with van der Waals surface area (Å²) in [6.07, 6.45) is 1.70. The number of esters is 1. The van der Waals surface area contributed by atoms with E-state index in [1.807, 2.05) is 66.7 Å². The maximum atomic E-state index is 12.2. The number of carbonyl (C=O) groups is 1. The van der Waals surface area contributed by atoms with E-state index in [9.17, 15) is 4.79 Å². The van der Waals surface area contributed by atoms with E-state index in [4.69, 9.17) is 9.47 Å². The number of nitrogens with zero attached hydrogens (tertiary/aromatic N) is 1. The Labute approximate surface area is 190 Å². The molecule has 0 radical (unpaired) electrons. The molecular weight excluding hydrogens is 545 g/mol. The first kappa shape index (κ1) is 19.8. The van der Waals surface area contributed by atoms with Crippen molar-refractivity contribution in [2.24, 2.45) is 4.99 Å². The van der Waals surface area contributed by atoms with E-state index >= 15 is 0 Å². The quantitative estimate of drug-likeness (QED) is 0.219. The lowest BCUT2D eigenvalue weighted by Crippen LogP contribution is -2.05. The summed E-state index contributed by atoms with van der Waals surface area (Å²) in [7, 11) is 0. The van der Waals surface area contributed by atoms with E-state index in [-0.39, 0.29) is 5.70 Å². The Kier molecular flexibility index (Phi) is 6.10. The Balaban J connectivity index is 1.48. The first-order valence-corrected chi connectivity index (χ1v) is 10.7. The fraction of sp³-hybridized carbons (Fsp3) is 0.0435. The Morgan fingerprint density at radius 1 is 1.00 bits per heavy atom. The van der Waals surface area contributed by atoms with Crippen LogP contribution in [0.1, 0.15) is 16.7 Å². The highest BCUT2D eigenvalue weighted by molar-refractivity contribution is 14.1. The van der Waals surface area contributed by atoms with Gasteiger partial charge in [0.15, 0.2) is 5.70 Å². The lowest BCUT2D eigenvalue weighted by atomic mass is 10.2. The molecule has 1 heterocycles. The number of cyclic esters (lactones) is 1. The molecule has 3 aromatic rings. The number of hydrogen-bond donors (Lipinski definition) is 0. The van der Waals surface area contributed by atoms with Crippen LogP contribution in [0.25, 0.3) is 6.08 Å². The van der Waals surface area contributed by atoms with Crippen LogP contribution in [-0.4, -0.2) is 11.9 Å². The minimum atomic E-state index is -0.463. The van der Waals surface area contributed by atoms with Gasteiger partial charge in [0.05, 0.1) is 5.56 Å². The van der Waals surface area contributed by atoms with Crippen LogP contribution < -0.4 is 4.74 Å². The molecule has 0 atom stereocenters. The lowest BCUT2D eigenvalue weighted by Gasteiger charge is -2.08. The van der Waals surface area contributed by atoms with Gasteiger partial charge in [-0.3, -0.25) is 0 Å². The molecule has 29 heavy (non-hydrogen) atoms. The van der Waals surface area contributed by atoms with Crippen molar-refractivity contribution in [2.75, 3.05) is 0 Å². The maximum absolute atomic E-state index is 12.2. The molecule has 1 aliphatic rings. The summed E-state index contributed by atoms with van der Waals surface area (Å²) >= 11 is 5.75. The zero-order chi connectivity index (χ0) is 20.2. The highest BCUT2D eigenvalue weighted by Gasteiger charge is 2.25. The molecular formula is C23H15BrINO3. The third-order valence-electron chi connectivity index (χ3n) is 4.26. The molecule has 0 fully saturated rings. The number of hydrogen-bond acceptors (Lipinski definition) is 4. The van der Waals surface area contributed by atoms with Crippen LogP contribution in [0, 0.1) is 3.57 Å². The van der Waals surface area contributed by atoms with E-state index in [2.05, 4.69) is 49.6 Å². The van der Waals surface area contributed by atoms with Crippen molar-refractivity contribution in [3.8, 4) is 5.75 Å². The fourth-order valence-electron chi connectivity index (χ4n) is 2.75. The van der Waals surface area contributed by atoms with E-state index in [1.54, 1.807) is 6.08 Å². The van der Waals surface area contributed by atoms with E-state index < -0.39 is 5.97 Å². The van der Waals surface area contributed by atoms with Gasteiger partial charge in [-0.25, -0.2) is 9.79 Å². The Bertz CT molecular complexity index is 1120. The molecule has 6 heteroatoms. The summed E-state index contributed by atoms with van der Waals surface area (Å²) in [5.41, 5.74) is 2.99. The highest BCUT2D eigenvalue weighted by Crippen LogP contribution is 2.24. The van der Waals surface area contributed by atoms with Crippen molar-refractivity contribution >= 4 is 56.5 Å². The summed E-state index contributed by atoms with van der Waals surface area (Å²) in [5.74, 6) is 0.596. The molecule has 1 aliphatic heterocycles. The average Bonchev–Trinajstić information content (AvgIpc) is 3.09. The minimum absolute atomic E-state index is 0.267. The number of aliphatic imine (C=N–C) groups is 1. The topological polar surface area (TPSA) is 47.9 Å². The van der Waals surface area contributed by atoms with E-state index in [0.717, 1.165) is 26.9 Å². The largest absolute Gasteiger partial charge is 0.489 e. The Morgan fingerprint density at radius 3 is 2.48 bits per heavy atom. The first-order chi connectivity index (χ1) is 14.1. The molecule has 0 amide bonds. The van der Waals surface area contributed by atoms with Gasteiger partial charge >= 0.3 is 5.97 Å². The van der Waals surface area contributed by atoms with Gasteiger partial charge < -0.3 is 9.47 Å². The SMILES string of the molecule is O=C1OC(c2ccccc2Br)=N/C1=C\c1ccc(OCc2ccccc2I)cc1. The van der Waals surface area contributed by atoms with E-state index in [1.165, 1.54) is 3.57 Å².